The standard InChI is InChI=1S/C10H10F2NO3.3C4H9.Sn/c11-8-2-1-6(3-9(8)12)13-4-7(5-14)16-10(13)15;3*1-3-4-2;/h1-3,6-7,14H,4-5H2;3*1,3-4H2,2H3;. The first-order valence-corrected chi connectivity index (χ1v) is 18.7. The molecule has 3 atom stereocenters. The van der Waals surface area contributed by atoms with Gasteiger partial charge in [0.1, 0.15) is 0 Å². The van der Waals surface area contributed by atoms with Crippen LogP contribution in [-0.2, 0) is 4.74 Å². The van der Waals surface area contributed by atoms with Gasteiger partial charge in [-0.1, -0.05) is 0 Å². The molecule has 0 spiro atoms. The number of carbonyl (C=O) groups is 1. The molecule has 1 heterocycles. The van der Waals surface area contributed by atoms with Gasteiger partial charge < -0.3 is 0 Å². The van der Waals surface area contributed by atoms with Crippen molar-refractivity contribution in [2.75, 3.05) is 13.2 Å². The van der Waals surface area contributed by atoms with E-state index < -0.39 is 46.1 Å². The van der Waals surface area contributed by atoms with Crippen molar-refractivity contribution in [1.29, 1.82) is 0 Å². The van der Waals surface area contributed by atoms with E-state index in [4.69, 9.17) is 4.74 Å². The average molecular weight is 520 g/mol. The summed E-state index contributed by atoms with van der Waals surface area (Å²) in [6, 6.07) is -0.657. The topological polar surface area (TPSA) is 49.8 Å². The Labute approximate surface area is 178 Å². The van der Waals surface area contributed by atoms with Gasteiger partial charge >= 0.3 is 178 Å². The van der Waals surface area contributed by atoms with E-state index in [2.05, 4.69) is 20.8 Å². The number of unbranched alkanes of at least 4 members (excludes halogenated alkanes) is 3. The van der Waals surface area contributed by atoms with Gasteiger partial charge in [0.25, 0.3) is 0 Å². The van der Waals surface area contributed by atoms with Crippen LogP contribution < -0.4 is 0 Å². The number of aliphatic hydroxyl groups excluding tert-OH is 1. The number of aliphatic hydroxyl groups is 1. The summed E-state index contributed by atoms with van der Waals surface area (Å²) in [5.41, 5.74) is 0. The van der Waals surface area contributed by atoms with Crippen molar-refractivity contribution in [1.82, 2.24) is 4.90 Å². The molecule has 1 fully saturated rings. The van der Waals surface area contributed by atoms with E-state index in [1.165, 1.54) is 17.1 Å². The fraction of sp³-hybridized carbons (Fsp3) is 0.773. The molecule has 1 aliphatic carbocycles. The molecule has 4 nitrogen and oxygen atoms in total. The quantitative estimate of drug-likeness (QED) is 0.266. The number of rotatable bonds is 12. The molecule has 0 aromatic rings. The molecule has 1 amide bonds. The zero-order valence-corrected chi connectivity index (χ0v) is 21.0. The van der Waals surface area contributed by atoms with Gasteiger partial charge in [-0.05, 0) is 0 Å². The molecular formula is C22H37F2NO3Sn. The van der Waals surface area contributed by atoms with Crippen LogP contribution in [0.3, 0.4) is 0 Å². The monoisotopic (exact) mass is 521 g/mol. The molecule has 166 valence electrons. The number of halogens is 2. The summed E-state index contributed by atoms with van der Waals surface area (Å²) >= 11 is -3.57. The second-order valence-electron chi connectivity index (χ2n) is 8.51. The first-order valence-electron chi connectivity index (χ1n) is 11.2. The van der Waals surface area contributed by atoms with Crippen LogP contribution in [0.25, 0.3) is 0 Å². The van der Waals surface area contributed by atoms with Gasteiger partial charge in [0.2, 0.25) is 0 Å². The van der Waals surface area contributed by atoms with Crippen LogP contribution in [0.2, 0.25) is 13.3 Å². The first-order chi connectivity index (χ1) is 13.9. The third-order valence-electron chi connectivity index (χ3n) is 6.45. The van der Waals surface area contributed by atoms with Crippen molar-refractivity contribution in [3.8, 4) is 0 Å². The Hall–Kier alpha value is -0.631. The van der Waals surface area contributed by atoms with Crippen molar-refractivity contribution in [3.63, 3.8) is 0 Å². The summed E-state index contributed by atoms with van der Waals surface area (Å²) in [5, 5.41) is 9.23. The van der Waals surface area contributed by atoms with Gasteiger partial charge in [0, 0.05) is 0 Å². The summed E-state index contributed by atoms with van der Waals surface area (Å²) in [5.74, 6) is -0.704. The Bertz CT molecular complexity index is 591. The van der Waals surface area contributed by atoms with Crippen LogP contribution >= 0.6 is 0 Å². The average Bonchev–Trinajstić information content (AvgIpc) is 3.10. The predicted octanol–water partition coefficient (Wildman–Crippen LogP) is 5.69. The van der Waals surface area contributed by atoms with Crippen molar-refractivity contribution >= 4 is 24.5 Å². The van der Waals surface area contributed by atoms with Crippen LogP contribution in [0.15, 0.2) is 24.1 Å². The number of amides is 1. The van der Waals surface area contributed by atoms with Crippen LogP contribution in [0, 0.1) is 0 Å². The van der Waals surface area contributed by atoms with Gasteiger partial charge in [-0.15, -0.1) is 0 Å². The second kappa shape index (κ2) is 11.1. The van der Waals surface area contributed by atoms with Crippen LogP contribution in [-0.4, -0.2) is 63.5 Å². The first kappa shape index (κ1) is 24.6. The summed E-state index contributed by atoms with van der Waals surface area (Å²) in [6.07, 6.45) is 9.00. The van der Waals surface area contributed by atoms with E-state index in [0.717, 1.165) is 51.8 Å². The van der Waals surface area contributed by atoms with Crippen molar-refractivity contribution in [3.05, 3.63) is 24.1 Å². The molecule has 0 aromatic heterocycles. The Morgan fingerprint density at radius 2 is 1.72 bits per heavy atom. The van der Waals surface area contributed by atoms with Gasteiger partial charge in [-0.3, -0.25) is 0 Å². The molecule has 3 unspecified atom stereocenters. The second-order valence-corrected chi connectivity index (χ2v) is 22.2. The maximum atomic E-state index is 16.5. The Morgan fingerprint density at radius 3 is 2.14 bits per heavy atom. The van der Waals surface area contributed by atoms with Crippen molar-refractivity contribution in [2.45, 2.75) is 88.4 Å². The fourth-order valence-electron chi connectivity index (χ4n) is 4.61. The summed E-state index contributed by atoms with van der Waals surface area (Å²) < 4.78 is 37.7. The van der Waals surface area contributed by atoms with E-state index in [1.807, 2.05) is 0 Å². The molecule has 7 heteroatoms. The number of ether oxygens (including phenoxy) is 1. The fourth-order valence-corrected chi connectivity index (χ4v) is 21.7. The summed E-state index contributed by atoms with van der Waals surface area (Å²) in [7, 11) is 0. The molecule has 2 rings (SSSR count). The third-order valence-corrected chi connectivity index (χ3v) is 23.2. The molecule has 0 aromatic carbocycles. The Balaban J connectivity index is 2.32. The molecular weight excluding hydrogens is 483 g/mol. The molecule has 2 aliphatic rings. The third kappa shape index (κ3) is 5.35. The zero-order valence-electron chi connectivity index (χ0n) is 18.1. The van der Waals surface area contributed by atoms with Gasteiger partial charge in [-0.25, -0.2) is 0 Å². The van der Waals surface area contributed by atoms with E-state index in [1.54, 1.807) is 6.08 Å². The van der Waals surface area contributed by atoms with Crippen LogP contribution in [0.5, 0.6) is 0 Å². The predicted molar refractivity (Wildman–Crippen MR) is 115 cm³/mol. The number of hydrogen-bond acceptors (Lipinski definition) is 3. The molecule has 1 N–H and O–H groups in total. The number of carbonyl (C=O) groups excluding carboxylic acids is 1. The number of cyclic esters (lactones) is 1. The van der Waals surface area contributed by atoms with Crippen LogP contribution in [0.1, 0.15) is 59.3 Å². The van der Waals surface area contributed by atoms with Crippen molar-refractivity contribution in [2.24, 2.45) is 0 Å². The van der Waals surface area contributed by atoms with E-state index in [-0.39, 0.29) is 13.2 Å². The number of hydrogen-bond donors (Lipinski definition) is 1. The molecule has 29 heavy (non-hydrogen) atoms. The summed E-state index contributed by atoms with van der Waals surface area (Å²) in [6.45, 7) is 6.23. The van der Waals surface area contributed by atoms with Gasteiger partial charge in [0.05, 0.1) is 0 Å². The number of allylic oxidation sites excluding steroid dienone is 2. The van der Waals surface area contributed by atoms with Crippen molar-refractivity contribution < 1.29 is 23.4 Å². The number of alkyl halides is 1. The maximum absolute atomic E-state index is 16.5. The van der Waals surface area contributed by atoms with Gasteiger partial charge in [-0.2, -0.15) is 0 Å². The number of nitrogens with zero attached hydrogens (tertiary/aromatic N) is 1. The van der Waals surface area contributed by atoms with Gasteiger partial charge in [0.15, 0.2) is 0 Å². The SMILES string of the molecule is CCC[CH2][Sn]([CH2]CCC)([CH2]CCC)[C]1(F)C=CC(N2CC(CO)OC2=O)C=C1F. The molecule has 1 aliphatic heterocycles. The molecule has 0 bridgehead atoms. The minimum atomic E-state index is -3.57. The normalized spacial score (nSPS) is 27.3. The molecule has 0 saturated carbocycles. The van der Waals surface area contributed by atoms with E-state index in [9.17, 15) is 9.90 Å². The minimum absolute atomic E-state index is 0.184. The van der Waals surface area contributed by atoms with Crippen LogP contribution in [0.4, 0.5) is 13.6 Å². The Morgan fingerprint density at radius 1 is 1.17 bits per heavy atom. The molecule has 0 radical (unpaired) electrons. The van der Waals surface area contributed by atoms with E-state index >= 15 is 8.78 Å². The summed E-state index contributed by atoms with van der Waals surface area (Å²) in [4.78, 5) is 13.4. The van der Waals surface area contributed by atoms with E-state index in [0.29, 0.717) is 0 Å². The Kier molecular flexibility index (Phi) is 9.45. The molecule has 1 saturated heterocycles. The zero-order chi connectivity index (χ0) is 21.5.